The molecule has 7 heteroatoms. The SMILES string of the molecule is O=C1CCC(CNc2nc3ccc(C(=O)O)cc3o2)N1. The summed E-state index contributed by atoms with van der Waals surface area (Å²) >= 11 is 0. The maximum absolute atomic E-state index is 11.1. The van der Waals surface area contributed by atoms with Crippen molar-refractivity contribution < 1.29 is 19.1 Å². The third-order valence-electron chi connectivity index (χ3n) is 3.22. The average molecular weight is 275 g/mol. The van der Waals surface area contributed by atoms with Gasteiger partial charge < -0.3 is 20.2 Å². The van der Waals surface area contributed by atoms with Crippen LogP contribution in [0.1, 0.15) is 23.2 Å². The smallest absolute Gasteiger partial charge is 0.335 e. The van der Waals surface area contributed by atoms with E-state index in [1.807, 2.05) is 0 Å². The number of carbonyl (C=O) groups excluding carboxylic acids is 1. The maximum atomic E-state index is 11.1. The van der Waals surface area contributed by atoms with E-state index in [1.54, 1.807) is 6.07 Å². The van der Waals surface area contributed by atoms with Gasteiger partial charge in [-0.05, 0) is 24.6 Å². The van der Waals surface area contributed by atoms with Gasteiger partial charge >= 0.3 is 5.97 Å². The Balaban J connectivity index is 1.72. The molecule has 1 aromatic carbocycles. The number of anilines is 1. The fraction of sp³-hybridized carbons (Fsp3) is 0.308. The molecule has 1 saturated heterocycles. The first kappa shape index (κ1) is 12.5. The normalized spacial score (nSPS) is 18.2. The number of carboxylic acid groups (broad SMARTS) is 1. The van der Waals surface area contributed by atoms with Crippen LogP contribution in [-0.4, -0.2) is 34.6 Å². The molecule has 104 valence electrons. The van der Waals surface area contributed by atoms with Gasteiger partial charge in [0, 0.05) is 19.0 Å². The minimum atomic E-state index is -1.01. The van der Waals surface area contributed by atoms with Crippen LogP contribution in [0.25, 0.3) is 11.1 Å². The van der Waals surface area contributed by atoms with Crippen molar-refractivity contribution in [1.29, 1.82) is 0 Å². The number of carboxylic acids is 1. The Kier molecular flexibility index (Phi) is 3.02. The quantitative estimate of drug-likeness (QED) is 0.774. The molecule has 1 amide bonds. The van der Waals surface area contributed by atoms with E-state index in [1.165, 1.54) is 12.1 Å². The number of hydrogen-bond donors (Lipinski definition) is 3. The number of fused-ring (bicyclic) bond motifs is 1. The molecule has 1 aliphatic heterocycles. The van der Waals surface area contributed by atoms with Gasteiger partial charge in [-0.1, -0.05) is 0 Å². The highest BCUT2D eigenvalue weighted by Crippen LogP contribution is 2.20. The van der Waals surface area contributed by atoms with Crippen LogP contribution in [0.3, 0.4) is 0 Å². The predicted octanol–water partition coefficient (Wildman–Crippen LogP) is 1.22. The summed E-state index contributed by atoms with van der Waals surface area (Å²) in [6.07, 6.45) is 1.33. The molecule has 1 atom stereocenters. The molecule has 2 heterocycles. The second-order valence-electron chi connectivity index (χ2n) is 4.69. The Labute approximate surface area is 114 Å². The van der Waals surface area contributed by atoms with Crippen molar-refractivity contribution in [3.63, 3.8) is 0 Å². The number of aromatic nitrogens is 1. The van der Waals surface area contributed by atoms with Crippen molar-refractivity contribution >= 4 is 29.0 Å². The third-order valence-corrected chi connectivity index (χ3v) is 3.22. The van der Waals surface area contributed by atoms with Crippen LogP contribution in [0.2, 0.25) is 0 Å². The third kappa shape index (κ3) is 2.42. The molecule has 1 aromatic heterocycles. The van der Waals surface area contributed by atoms with Gasteiger partial charge in [0.25, 0.3) is 6.01 Å². The van der Waals surface area contributed by atoms with E-state index in [2.05, 4.69) is 15.6 Å². The average Bonchev–Trinajstić information content (AvgIpc) is 3.00. The van der Waals surface area contributed by atoms with Crippen molar-refractivity contribution in [2.45, 2.75) is 18.9 Å². The lowest BCUT2D eigenvalue weighted by atomic mass is 10.2. The van der Waals surface area contributed by atoms with Crippen LogP contribution in [0.15, 0.2) is 22.6 Å². The predicted molar refractivity (Wildman–Crippen MR) is 70.6 cm³/mol. The summed E-state index contributed by atoms with van der Waals surface area (Å²) < 4.78 is 5.45. The van der Waals surface area contributed by atoms with Crippen LogP contribution < -0.4 is 10.6 Å². The van der Waals surface area contributed by atoms with Gasteiger partial charge in [0.1, 0.15) is 5.52 Å². The van der Waals surface area contributed by atoms with E-state index in [9.17, 15) is 9.59 Å². The fourth-order valence-electron chi connectivity index (χ4n) is 2.17. The minimum Gasteiger partial charge on any atom is -0.478 e. The van der Waals surface area contributed by atoms with Crippen molar-refractivity contribution in [3.05, 3.63) is 23.8 Å². The molecule has 0 bridgehead atoms. The molecule has 0 spiro atoms. The number of nitrogens with one attached hydrogen (secondary N) is 2. The lowest BCUT2D eigenvalue weighted by molar-refractivity contribution is -0.119. The lowest BCUT2D eigenvalue weighted by Crippen LogP contribution is -2.31. The Hall–Kier alpha value is -2.57. The Morgan fingerprint density at radius 1 is 1.55 bits per heavy atom. The topological polar surface area (TPSA) is 104 Å². The molecule has 3 N–H and O–H groups in total. The Morgan fingerprint density at radius 3 is 3.10 bits per heavy atom. The van der Waals surface area contributed by atoms with E-state index in [4.69, 9.17) is 9.52 Å². The number of carbonyl (C=O) groups is 2. The largest absolute Gasteiger partial charge is 0.478 e. The molecule has 3 rings (SSSR count). The molecule has 0 radical (unpaired) electrons. The van der Waals surface area contributed by atoms with Crippen LogP contribution in [0.5, 0.6) is 0 Å². The summed E-state index contributed by atoms with van der Waals surface area (Å²) in [5.74, 6) is -0.952. The minimum absolute atomic E-state index is 0.0560. The molecule has 2 aromatic rings. The zero-order chi connectivity index (χ0) is 14.1. The molecular formula is C13H13N3O4. The van der Waals surface area contributed by atoms with Gasteiger partial charge in [-0.25, -0.2) is 4.79 Å². The molecule has 20 heavy (non-hydrogen) atoms. The lowest BCUT2D eigenvalue weighted by Gasteiger charge is -2.08. The van der Waals surface area contributed by atoms with E-state index < -0.39 is 5.97 Å². The standard InChI is InChI=1S/C13H13N3O4/c17-11-4-2-8(15-11)6-14-13-16-9-3-1-7(12(18)19)5-10(9)20-13/h1,3,5,8H,2,4,6H2,(H,14,16)(H,15,17)(H,18,19). The van der Waals surface area contributed by atoms with Gasteiger partial charge in [-0.15, -0.1) is 0 Å². The highest BCUT2D eigenvalue weighted by molar-refractivity contribution is 5.92. The van der Waals surface area contributed by atoms with Crippen LogP contribution in [0.4, 0.5) is 6.01 Å². The van der Waals surface area contributed by atoms with Crippen molar-refractivity contribution in [2.75, 3.05) is 11.9 Å². The zero-order valence-electron chi connectivity index (χ0n) is 10.5. The van der Waals surface area contributed by atoms with E-state index >= 15 is 0 Å². The van der Waals surface area contributed by atoms with Crippen molar-refractivity contribution in [3.8, 4) is 0 Å². The zero-order valence-corrected chi connectivity index (χ0v) is 10.5. The summed E-state index contributed by atoms with van der Waals surface area (Å²) in [5.41, 5.74) is 1.17. The molecule has 0 aliphatic carbocycles. The van der Waals surface area contributed by atoms with Gasteiger partial charge in [0.05, 0.1) is 5.56 Å². The number of oxazole rings is 1. The molecule has 1 aliphatic rings. The number of hydrogen-bond acceptors (Lipinski definition) is 5. The number of rotatable bonds is 4. The number of amides is 1. The second kappa shape index (κ2) is 4.84. The van der Waals surface area contributed by atoms with Crippen LogP contribution in [0, 0.1) is 0 Å². The second-order valence-corrected chi connectivity index (χ2v) is 4.69. The molecule has 1 fully saturated rings. The Morgan fingerprint density at radius 2 is 2.40 bits per heavy atom. The first-order valence-corrected chi connectivity index (χ1v) is 6.29. The summed E-state index contributed by atoms with van der Waals surface area (Å²) in [5, 5.41) is 14.7. The molecular weight excluding hydrogens is 262 g/mol. The van der Waals surface area contributed by atoms with Crippen molar-refractivity contribution in [1.82, 2.24) is 10.3 Å². The van der Waals surface area contributed by atoms with E-state index in [0.29, 0.717) is 30.1 Å². The summed E-state index contributed by atoms with van der Waals surface area (Å²) in [4.78, 5) is 26.1. The maximum Gasteiger partial charge on any atom is 0.335 e. The van der Waals surface area contributed by atoms with E-state index in [0.717, 1.165) is 6.42 Å². The first-order valence-electron chi connectivity index (χ1n) is 6.29. The number of nitrogens with zero attached hydrogens (tertiary/aromatic N) is 1. The Bertz CT molecular complexity index is 679. The van der Waals surface area contributed by atoms with Gasteiger partial charge in [-0.3, -0.25) is 4.79 Å². The first-order chi connectivity index (χ1) is 9.61. The van der Waals surface area contributed by atoms with Crippen molar-refractivity contribution in [2.24, 2.45) is 0 Å². The molecule has 1 unspecified atom stereocenters. The van der Waals surface area contributed by atoms with Gasteiger partial charge in [-0.2, -0.15) is 4.98 Å². The van der Waals surface area contributed by atoms with Gasteiger partial charge in [0.2, 0.25) is 5.91 Å². The number of aromatic carboxylic acids is 1. The monoisotopic (exact) mass is 275 g/mol. The molecule has 0 saturated carbocycles. The molecule has 7 nitrogen and oxygen atoms in total. The highest BCUT2D eigenvalue weighted by atomic mass is 16.4. The van der Waals surface area contributed by atoms with Crippen LogP contribution in [-0.2, 0) is 4.79 Å². The van der Waals surface area contributed by atoms with E-state index in [-0.39, 0.29) is 17.5 Å². The van der Waals surface area contributed by atoms with Crippen LogP contribution >= 0.6 is 0 Å². The summed E-state index contributed by atoms with van der Waals surface area (Å²) in [6, 6.07) is 4.92. The summed E-state index contributed by atoms with van der Waals surface area (Å²) in [6.45, 7) is 0.532. The number of benzene rings is 1. The summed E-state index contributed by atoms with van der Waals surface area (Å²) in [7, 11) is 0. The highest BCUT2D eigenvalue weighted by Gasteiger charge is 2.20. The fourth-order valence-corrected chi connectivity index (χ4v) is 2.17. The van der Waals surface area contributed by atoms with Gasteiger partial charge in [0.15, 0.2) is 5.58 Å².